The quantitative estimate of drug-likeness (QED) is 0.918. The molecule has 0 saturated heterocycles. The van der Waals surface area contributed by atoms with Gasteiger partial charge in [0.1, 0.15) is 17.7 Å². The molecule has 1 N–H and O–H groups in total. The van der Waals surface area contributed by atoms with Gasteiger partial charge in [0.15, 0.2) is 5.22 Å². The van der Waals surface area contributed by atoms with Gasteiger partial charge in [0.25, 0.3) is 0 Å². The first-order valence-corrected chi connectivity index (χ1v) is 5.69. The topological polar surface area (TPSA) is 33.4 Å². The van der Waals surface area contributed by atoms with Crippen molar-refractivity contribution in [2.24, 2.45) is 0 Å². The van der Waals surface area contributed by atoms with Gasteiger partial charge >= 0.3 is 0 Å². The molecule has 1 atom stereocenters. The number of aliphatic hydroxyl groups excluding tert-OH is 1. The van der Waals surface area contributed by atoms with Crippen molar-refractivity contribution in [3.63, 3.8) is 0 Å². The molecule has 0 amide bonds. The van der Waals surface area contributed by atoms with Crippen LogP contribution in [-0.2, 0) is 6.42 Å². The van der Waals surface area contributed by atoms with E-state index in [1.54, 1.807) is 18.2 Å². The van der Waals surface area contributed by atoms with Gasteiger partial charge in [-0.05, 0) is 35.4 Å². The number of rotatable bonds is 3. The Balaban J connectivity index is 2.18. The smallest absolute Gasteiger partial charge is 0.193 e. The molecule has 0 aliphatic rings. The predicted molar refractivity (Wildman–Crippen MR) is 63.8 cm³/mol. The monoisotopic (exact) mass is 274 g/mol. The van der Waals surface area contributed by atoms with Crippen LogP contribution in [0.1, 0.15) is 17.4 Å². The van der Waals surface area contributed by atoms with Crippen LogP contribution < -0.4 is 0 Å². The zero-order chi connectivity index (χ0) is 12.4. The molecule has 2 nitrogen and oxygen atoms in total. The zero-order valence-electron chi connectivity index (χ0n) is 8.66. The Bertz CT molecular complexity index is 525. The lowest BCUT2D eigenvalue weighted by atomic mass is 10.1. The third-order valence-corrected chi connectivity index (χ3v) is 2.86. The second kappa shape index (κ2) is 5.08. The molecular formula is C12H9Cl2FO2. The van der Waals surface area contributed by atoms with Crippen molar-refractivity contribution in [3.05, 3.63) is 57.7 Å². The van der Waals surface area contributed by atoms with Crippen LogP contribution in [0, 0.1) is 5.82 Å². The zero-order valence-corrected chi connectivity index (χ0v) is 10.2. The van der Waals surface area contributed by atoms with Gasteiger partial charge in [-0.2, -0.15) is 0 Å². The summed E-state index contributed by atoms with van der Waals surface area (Å²) < 4.78 is 18.6. The lowest BCUT2D eigenvalue weighted by Gasteiger charge is -2.09. The lowest BCUT2D eigenvalue weighted by Crippen LogP contribution is -2.02. The maximum absolute atomic E-state index is 13.6. The maximum Gasteiger partial charge on any atom is 0.193 e. The number of halogens is 3. The van der Waals surface area contributed by atoms with Crippen LogP contribution in [-0.4, -0.2) is 5.11 Å². The summed E-state index contributed by atoms with van der Waals surface area (Å²) >= 11 is 11.2. The fourth-order valence-corrected chi connectivity index (χ4v) is 1.87. The van der Waals surface area contributed by atoms with Crippen LogP contribution in [0.2, 0.25) is 10.2 Å². The third-order valence-electron chi connectivity index (χ3n) is 2.37. The summed E-state index contributed by atoms with van der Waals surface area (Å²) in [5.74, 6) is -0.222. The Morgan fingerprint density at radius 2 is 2.00 bits per heavy atom. The number of hydrogen-bond acceptors (Lipinski definition) is 2. The van der Waals surface area contributed by atoms with Crippen LogP contribution in [0.5, 0.6) is 0 Å². The van der Waals surface area contributed by atoms with Crippen molar-refractivity contribution in [1.82, 2.24) is 0 Å². The molecule has 2 aromatic rings. The van der Waals surface area contributed by atoms with Gasteiger partial charge in [0.05, 0.1) is 5.02 Å². The van der Waals surface area contributed by atoms with E-state index < -0.39 is 11.9 Å². The van der Waals surface area contributed by atoms with Crippen LogP contribution in [0.3, 0.4) is 0 Å². The number of aliphatic hydroxyl groups is 1. The fraction of sp³-hybridized carbons (Fsp3) is 0.167. The molecule has 0 aliphatic heterocycles. The van der Waals surface area contributed by atoms with E-state index in [4.69, 9.17) is 27.6 Å². The Morgan fingerprint density at radius 3 is 2.65 bits per heavy atom. The van der Waals surface area contributed by atoms with E-state index in [2.05, 4.69) is 0 Å². The van der Waals surface area contributed by atoms with Gasteiger partial charge in [-0.15, -0.1) is 0 Å². The molecule has 0 saturated carbocycles. The molecule has 2 rings (SSSR count). The van der Waals surface area contributed by atoms with Gasteiger partial charge in [-0.3, -0.25) is 0 Å². The van der Waals surface area contributed by atoms with Crippen LogP contribution >= 0.6 is 23.2 Å². The molecule has 90 valence electrons. The van der Waals surface area contributed by atoms with Crippen molar-refractivity contribution in [3.8, 4) is 0 Å². The van der Waals surface area contributed by atoms with Crippen LogP contribution in [0.15, 0.2) is 34.7 Å². The first kappa shape index (κ1) is 12.4. The Labute approximate surface area is 108 Å². The minimum absolute atomic E-state index is 0.0344. The Kier molecular flexibility index (Phi) is 3.72. The third kappa shape index (κ3) is 2.80. The van der Waals surface area contributed by atoms with Crippen molar-refractivity contribution in [2.45, 2.75) is 12.5 Å². The predicted octanol–water partition coefficient (Wildman–Crippen LogP) is 4.00. The van der Waals surface area contributed by atoms with Crippen molar-refractivity contribution in [2.75, 3.05) is 0 Å². The van der Waals surface area contributed by atoms with E-state index >= 15 is 0 Å². The van der Waals surface area contributed by atoms with Gasteiger partial charge in [0, 0.05) is 6.42 Å². The normalized spacial score (nSPS) is 12.7. The second-order valence-electron chi connectivity index (χ2n) is 3.57. The first-order chi connectivity index (χ1) is 8.08. The van der Waals surface area contributed by atoms with Gasteiger partial charge in [-0.25, -0.2) is 4.39 Å². The summed E-state index contributed by atoms with van der Waals surface area (Å²) in [5.41, 5.74) is 0.331. The summed E-state index contributed by atoms with van der Waals surface area (Å²) in [6, 6.07) is 7.72. The summed E-state index contributed by atoms with van der Waals surface area (Å²) in [7, 11) is 0. The highest BCUT2D eigenvalue weighted by atomic mass is 35.5. The minimum atomic E-state index is -0.949. The van der Waals surface area contributed by atoms with E-state index in [9.17, 15) is 9.50 Å². The molecule has 0 radical (unpaired) electrons. The van der Waals surface area contributed by atoms with Gasteiger partial charge < -0.3 is 9.52 Å². The van der Waals surface area contributed by atoms with E-state index in [0.29, 0.717) is 11.3 Å². The van der Waals surface area contributed by atoms with Gasteiger partial charge in [-0.1, -0.05) is 23.7 Å². The number of hydrogen-bond donors (Lipinski definition) is 1. The van der Waals surface area contributed by atoms with E-state index in [-0.39, 0.29) is 16.7 Å². The number of furan rings is 1. The average Bonchev–Trinajstić information content (AvgIpc) is 2.72. The number of benzene rings is 1. The standard InChI is InChI=1S/C12H9Cl2FO2/c13-8-3-1-2-7(12(8)15)6-9(16)10-4-5-11(14)17-10/h1-5,9,16H,6H2. The molecule has 1 heterocycles. The summed E-state index contributed by atoms with van der Waals surface area (Å²) in [6.07, 6.45) is -0.869. The van der Waals surface area contributed by atoms with E-state index in [1.165, 1.54) is 12.1 Å². The molecule has 17 heavy (non-hydrogen) atoms. The molecular weight excluding hydrogens is 266 g/mol. The Morgan fingerprint density at radius 1 is 1.24 bits per heavy atom. The highest BCUT2D eigenvalue weighted by molar-refractivity contribution is 6.30. The van der Waals surface area contributed by atoms with Gasteiger partial charge in [0.2, 0.25) is 0 Å². The fourth-order valence-electron chi connectivity index (χ4n) is 1.52. The molecule has 1 unspecified atom stereocenters. The van der Waals surface area contributed by atoms with Crippen molar-refractivity contribution in [1.29, 1.82) is 0 Å². The van der Waals surface area contributed by atoms with E-state index in [1.807, 2.05) is 0 Å². The summed E-state index contributed by atoms with van der Waals surface area (Å²) in [5, 5.41) is 10.1. The SMILES string of the molecule is OC(Cc1cccc(Cl)c1F)c1ccc(Cl)o1. The Hall–Kier alpha value is -1.03. The molecule has 1 aromatic heterocycles. The average molecular weight is 275 g/mol. The highest BCUT2D eigenvalue weighted by Crippen LogP contribution is 2.26. The van der Waals surface area contributed by atoms with E-state index in [0.717, 1.165) is 0 Å². The summed E-state index contributed by atoms with van der Waals surface area (Å²) in [6.45, 7) is 0. The molecule has 0 fully saturated rings. The lowest BCUT2D eigenvalue weighted by molar-refractivity contribution is 0.149. The molecule has 0 bridgehead atoms. The maximum atomic E-state index is 13.6. The molecule has 0 aliphatic carbocycles. The van der Waals surface area contributed by atoms with Crippen molar-refractivity contribution >= 4 is 23.2 Å². The van der Waals surface area contributed by atoms with Crippen LogP contribution in [0.25, 0.3) is 0 Å². The van der Waals surface area contributed by atoms with Crippen LogP contribution in [0.4, 0.5) is 4.39 Å². The first-order valence-electron chi connectivity index (χ1n) is 4.94. The molecule has 0 spiro atoms. The summed E-state index contributed by atoms with van der Waals surface area (Å²) in [4.78, 5) is 0. The molecule has 5 heteroatoms. The van der Waals surface area contributed by atoms with Crippen molar-refractivity contribution < 1.29 is 13.9 Å². The second-order valence-corrected chi connectivity index (χ2v) is 4.35. The minimum Gasteiger partial charge on any atom is -0.447 e. The largest absolute Gasteiger partial charge is 0.447 e. The highest BCUT2D eigenvalue weighted by Gasteiger charge is 2.16. The molecule has 1 aromatic carbocycles.